The first-order valence-corrected chi connectivity index (χ1v) is 11.2. The number of hydrogen-bond acceptors (Lipinski definition) is 4. The number of aryl methyl sites for hydroxylation is 2. The number of aromatic nitrogens is 2. The lowest BCUT2D eigenvalue weighted by Gasteiger charge is -2.36. The maximum absolute atomic E-state index is 14.3. The predicted octanol–water partition coefficient (Wildman–Crippen LogP) is 5.20. The monoisotopic (exact) mass is 487 g/mol. The van der Waals surface area contributed by atoms with Crippen molar-refractivity contribution in [3.8, 4) is 0 Å². The summed E-state index contributed by atoms with van der Waals surface area (Å²) < 4.78 is 53.2. The van der Waals surface area contributed by atoms with Gasteiger partial charge < -0.3 is 15.1 Å². The largest absolute Gasteiger partial charge is 0.416 e. The van der Waals surface area contributed by atoms with Gasteiger partial charge in [0.2, 0.25) is 0 Å². The Balaban J connectivity index is 1.46. The summed E-state index contributed by atoms with van der Waals surface area (Å²) in [5, 5.41) is 2.55. The van der Waals surface area contributed by atoms with E-state index >= 15 is 0 Å². The fraction of sp³-hybridized carbons (Fsp3) is 0.320. The van der Waals surface area contributed by atoms with E-state index in [2.05, 4.69) is 15.3 Å². The van der Waals surface area contributed by atoms with Crippen molar-refractivity contribution in [3.05, 3.63) is 82.6 Å². The minimum Gasteiger partial charge on any atom is -0.353 e. The molecular weight excluding hydrogens is 462 g/mol. The van der Waals surface area contributed by atoms with Crippen molar-refractivity contribution in [2.75, 3.05) is 36.4 Å². The molecule has 35 heavy (non-hydrogen) atoms. The first kappa shape index (κ1) is 24.4. The van der Waals surface area contributed by atoms with Crippen LogP contribution < -0.4 is 10.2 Å². The lowest BCUT2D eigenvalue weighted by atomic mass is 10.0. The Labute approximate surface area is 200 Å². The predicted molar refractivity (Wildman–Crippen MR) is 125 cm³/mol. The normalized spacial score (nSPS) is 14.2. The van der Waals surface area contributed by atoms with Crippen LogP contribution in [-0.2, 0) is 12.6 Å². The van der Waals surface area contributed by atoms with Gasteiger partial charge in [0.25, 0.3) is 0 Å². The van der Waals surface area contributed by atoms with E-state index in [1.165, 1.54) is 18.2 Å². The Hall–Kier alpha value is -3.69. The second-order valence-electron chi connectivity index (χ2n) is 8.41. The summed E-state index contributed by atoms with van der Waals surface area (Å²) in [5.74, 6) is 1.00. The zero-order valence-electron chi connectivity index (χ0n) is 19.4. The fourth-order valence-electron chi connectivity index (χ4n) is 4.12. The van der Waals surface area contributed by atoms with E-state index in [9.17, 15) is 22.4 Å². The van der Waals surface area contributed by atoms with Gasteiger partial charge in [-0.2, -0.15) is 13.2 Å². The topological polar surface area (TPSA) is 61.4 Å². The first-order valence-electron chi connectivity index (χ1n) is 11.2. The zero-order chi connectivity index (χ0) is 25.2. The number of urea groups is 1. The molecule has 0 saturated carbocycles. The van der Waals surface area contributed by atoms with Gasteiger partial charge in [0, 0.05) is 49.5 Å². The average molecular weight is 488 g/mol. The molecule has 6 nitrogen and oxygen atoms in total. The SMILES string of the molecule is Cc1nc(C)c(Cc2ccccc2F)c(N2CCN(C(=O)Nc3cccc(C(F)(F)F)c3)CC2)n1. The summed E-state index contributed by atoms with van der Waals surface area (Å²) in [5.41, 5.74) is 1.39. The van der Waals surface area contributed by atoms with E-state index in [-0.39, 0.29) is 11.5 Å². The Morgan fingerprint density at radius 1 is 1.00 bits per heavy atom. The van der Waals surface area contributed by atoms with Gasteiger partial charge in [0.05, 0.1) is 5.56 Å². The highest BCUT2D eigenvalue weighted by Gasteiger charge is 2.31. The third-order valence-electron chi connectivity index (χ3n) is 5.94. The molecule has 2 heterocycles. The molecule has 1 saturated heterocycles. The molecule has 1 aliphatic rings. The van der Waals surface area contributed by atoms with Gasteiger partial charge in [-0.25, -0.2) is 19.2 Å². The number of rotatable bonds is 4. The highest BCUT2D eigenvalue weighted by molar-refractivity contribution is 5.89. The standard InChI is InChI=1S/C25H25F4N5O/c1-16-21(14-18-6-3-4-9-22(18)26)23(31-17(2)30-16)33-10-12-34(13-11-33)24(35)32-20-8-5-7-19(15-20)25(27,28)29/h3-9,15H,10-14H2,1-2H3,(H,32,35). The van der Waals surface area contributed by atoms with Crippen molar-refractivity contribution in [3.63, 3.8) is 0 Å². The van der Waals surface area contributed by atoms with E-state index in [1.54, 1.807) is 30.0 Å². The smallest absolute Gasteiger partial charge is 0.353 e. The molecule has 1 N–H and O–H groups in total. The summed E-state index contributed by atoms with van der Waals surface area (Å²) in [6.07, 6.45) is -4.15. The third kappa shape index (κ3) is 5.70. The maximum atomic E-state index is 14.3. The van der Waals surface area contributed by atoms with Gasteiger partial charge >= 0.3 is 12.2 Å². The van der Waals surface area contributed by atoms with Crippen molar-refractivity contribution in [2.24, 2.45) is 0 Å². The van der Waals surface area contributed by atoms with E-state index < -0.39 is 17.8 Å². The van der Waals surface area contributed by atoms with Crippen LogP contribution in [0.25, 0.3) is 0 Å². The summed E-state index contributed by atoms with van der Waals surface area (Å²) in [7, 11) is 0. The molecule has 2 amide bonds. The molecular formula is C25H25F4N5O. The number of nitrogens with zero attached hydrogens (tertiary/aromatic N) is 4. The highest BCUT2D eigenvalue weighted by atomic mass is 19.4. The number of carbonyl (C=O) groups is 1. The second kappa shape index (κ2) is 9.89. The van der Waals surface area contributed by atoms with Crippen LogP contribution >= 0.6 is 0 Å². The van der Waals surface area contributed by atoms with Gasteiger partial charge in [-0.3, -0.25) is 0 Å². The molecule has 4 rings (SSSR count). The Kier molecular flexibility index (Phi) is 6.90. The summed E-state index contributed by atoms with van der Waals surface area (Å²) in [6, 6.07) is 10.7. The number of benzene rings is 2. The third-order valence-corrected chi connectivity index (χ3v) is 5.94. The van der Waals surface area contributed by atoms with Crippen LogP contribution in [0.1, 0.15) is 28.2 Å². The van der Waals surface area contributed by atoms with Crippen LogP contribution in [0, 0.1) is 19.7 Å². The van der Waals surface area contributed by atoms with E-state index in [1.807, 2.05) is 11.8 Å². The molecule has 0 bridgehead atoms. The minimum atomic E-state index is -4.49. The number of alkyl halides is 3. The number of nitrogens with one attached hydrogen (secondary N) is 1. The van der Waals surface area contributed by atoms with Gasteiger partial charge in [0.1, 0.15) is 17.5 Å². The Morgan fingerprint density at radius 3 is 2.40 bits per heavy atom. The zero-order valence-corrected chi connectivity index (χ0v) is 19.4. The molecule has 184 valence electrons. The van der Waals surface area contributed by atoms with Gasteiger partial charge in [0.15, 0.2) is 0 Å². The lowest BCUT2D eigenvalue weighted by molar-refractivity contribution is -0.137. The average Bonchev–Trinajstić information content (AvgIpc) is 2.81. The molecule has 2 aromatic carbocycles. The minimum absolute atomic E-state index is 0.0847. The fourth-order valence-corrected chi connectivity index (χ4v) is 4.12. The molecule has 10 heteroatoms. The van der Waals surface area contributed by atoms with Gasteiger partial charge in [-0.15, -0.1) is 0 Å². The number of amides is 2. The molecule has 0 spiro atoms. The van der Waals surface area contributed by atoms with Crippen molar-refractivity contribution in [1.29, 1.82) is 0 Å². The Morgan fingerprint density at radius 2 is 1.71 bits per heavy atom. The summed E-state index contributed by atoms with van der Waals surface area (Å²) in [6.45, 7) is 5.31. The first-order chi connectivity index (χ1) is 16.6. The van der Waals surface area contributed by atoms with E-state index in [0.717, 1.165) is 23.4 Å². The van der Waals surface area contributed by atoms with Crippen LogP contribution in [0.2, 0.25) is 0 Å². The van der Waals surface area contributed by atoms with E-state index in [0.29, 0.717) is 49.8 Å². The number of halogens is 4. The van der Waals surface area contributed by atoms with Gasteiger partial charge in [-0.1, -0.05) is 24.3 Å². The van der Waals surface area contributed by atoms with Crippen LogP contribution in [-0.4, -0.2) is 47.1 Å². The molecule has 0 atom stereocenters. The van der Waals surface area contributed by atoms with Crippen LogP contribution in [0.4, 0.5) is 33.9 Å². The summed E-state index contributed by atoms with van der Waals surface area (Å²) >= 11 is 0. The number of carbonyl (C=O) groups excluding carboxylic acids is 1. The second-order valence-corrected chi connectivity index (χ2v) is 8.41. The number of piperazine rings is 1. The molecule has 0 unspecified atom stereocenters. The summed E-state index contributed by atoms with van der Waals surface area (Å²) in [4.78, 5) is 25.3. The number of hydrogen-bond donors (Lipinski definition) is 1. The molecule has 1 fully saturated rings. The maximum Gasteiger partial charge on any atom is 0.416 e. The van der Waals surface area contributed by atoms with Crippen molar-refractivity contribution < 1.29 is 22.4 Å². The molecule has 0 radical (unpaired) electrons. The quantitative estimate of drug-likeness (QED) is 0.514. The van der Waals surface area contributed by atoms with Gasteiger partial charge in [-0.05, 0) is 43.7 Å². The molecule has 3 aromatic rings. The van der Waals surface area contributed by atoms with Crippen LogP contribution in [0.5, 0.6) is 0 Å². The van der Waals surface area contributed by atoms with Crippen molar-refractivity contribution in [1.82, 2.24) is 14.9 Å². The molecule has 1 aliphatic heterocycles. The number of anilines is 2. The van der Waals surface area contributed by atoms with E-state index in [4.69, 9.17) is 0 Å². The Bertz CT molecular complexity index is 1220. The highest BCUT2D eigenvalue weighted by Crippen LogP contribution is 2.31. The molecule has 1 aromatic heterocycles. The van der Waals surface area contributed by atoms with Crippen molar-refractivity contribution in [2.45, 2.75) is 26.4 Å². The van der Waals surface area contributed by atoms with Crippen LogP contribution in [0.15, 0.2) is 48.5 Å². The molecule has 0 aliphatic carbocycles. The van der Waals surface area contributed by atoms with Crippen molar-refractivity contribution >= 4 is 17.5 Å². The van der Waals surface area contributed by atoms with Crippen LogP contribution in [0.3, 0.4) is 0 Å². The lowest BCUT2D eigenvalue weighted by Crippen LogP contribution is -2.50.